The third-order valence-electron chi connectivity index (χ3n) is 4.94. The normalized spacial score (nSPS) is 27.0. The molecule has 0 saturated heterocycles. The summed E-state index contributed by atoms with van der Waals surface area (Å²) in [6.45, 7) is 5.37. The molecule has 0 bridgehead atoms. The second-order valence-corrected chi connectivity index (χ2v) is 7.28. The fraction of sp³-hybridized carbons (Fsp3) is 0.647. The van der Waals surface area contributed by atoms with Crippen LogP contribution in [0.3, 0.4) is 0 Å². The number of hydrogen-bond acceptors (Lipinski definition) is 1. The fourth-order valence-electron chi connectivity index (χ4n) is 3.52. The third kappa shape index (κ3) is 3.62. The molecule has 3 unspecified atom stereocenters. The summed E-state index contributed by atoms with van der Waals surface area (Å²) in [7, 11) is 0. The Labute approximate surface area is 130 Å². The van der Waals surface area contributed by atoms with Crippen molar-refractivity contribution in [3.05, 3.63) is 34.1 Å². The zero-order valence-corrected chi connectivity index (χ0v) is 14.0. The van der Waals surface area contributed by atoms with Gasteiger partial charge in [-0.2, -0.15) is 0 Å². The molecule has 0 radical (unpaired) electrons. The van der Waals surface area contributed by atoms with Crippen LogP contribution in [0.1, 0.15) is 38.7 Å². The van der Waals surface area contributed by atoms with Gasteiger partial charge in [-0.05, 0) is 83.5 Å². The molecule has 1 aliphatic rings. The van der Waals surface area contributed by atoms with Crippen molar-refractivity contribution in [3.63, 3.8) is 0 Å². The van der Waals surface area contributed by atoms with Gasteiger partial charge in [0, 0.05) is 0 Å². The van der Waals surface area contributed by atoms with Crippen LogP contribution in [0.15, 0.2) is 22.7 Å². The molecule has 0 heterocycles. The first kappa shape index (κ1) is 16.0. The van der Waals surface area contributed by atoms with E-state index in [1.807, 2.05) is 6.07 Å². The lowest BCUT2D eigenvalue weighted by molar-refractivity contribution is 0.151. The Hall–Kier alpha value is -0.410. The van der Waals surface area contributed by atoms with Crippen LogP contribution in [0.5, 0.6) is 0 Å². The predicted molar refractivity (Wildman–Crippen MR) is 86.0 cm³/mol. The first-order valence-corrected chi connectivity index (χ1v) is 8.45. The number of benzene rings is 1. The maximum atomic E-state index is 13.6. The highest BCUT2D eigenvalue weighted by atomic mass is 79.9. The van der Waals surface area contributed by atoms with E-state index >= 15 is 0 Å². The molecule has 2 rings (SSSR count). The van der Waals surface area contributed by atoms with Crippen LogP contribution < -0.4 is 5.73 Å². The van der Waals surface area contributed by atoms with Crippen LogP contribution in [0.4, 0.5) is 4.39 Å². The minimum Gasteiger partial charge on any atom is -0.330 e. The summed E-state index contributed by atoms with van der Waals surface area (Å²) in [5, 5.41) is 0. The van der Waals surface area contributed by atoms with Gasteiger partial charge in [-0.25, -0.2) is 4.39 Å². The molecular formula is C17H25BrFN. The van der Waals surface area contributed by atoms with Crippen LogP contribution in [0, 0.1) is 29.5 Å². The molecule has 0 aliphatic heterocycles. The second-order valence-electron chi connectivity index (χ2n) is 6.49. The summed E-state index contributed by atoms with van der Waals surface area (Å²) in [5.74, 6) is 2.52. The van der Waals surface area contributed by atoms with Gasteiger partial charge in [0.1, 0.15) is 5.82 Å². The quantitative estimate of drug-likeness (QED) is 0.837. The van der Waals surface area contributed by atoms with Crippen molar-refractivity contribution in [3.8, 4) is 0 Å². The van der Waals surface area contributed by atoms with Gasteiger partial charge in [-0.1, -0.05) is 26.0 Å². The van der Waals surface area contributed by atoms with Gasteiger partial charge < -0.3 is 5.73 Å². The van der Waals surface area contributed by atoms with Crippen molar-refractivity contribution >= 4 is 15.9 Å². The first-order chi connectivity index (χ1) is 9.52. The zero-order valence-electron chi connectivity index (χ0n) is 12.4. The van der Waals surface area contributed by atoms with E-state index in [1.165, 1.54) is 25.3 Å². The Bertz CT molecular complexity index is 447. The average molecular weight is 342 g/mol. The fourth-order valence-corrected chi connectivity index (χ4v) is 3.94. The van der Waals surface area contributed by atoms with E-state index in [0.29, 0.717) is 16.3 Å². The molecule has 1 aromatic carbocycles. The summed E-state index contributed by atoms with van der Waals surface area (Å²) in [6, 6.07) is 5.33. The van der Waals surface area contributed by atoms with E-state index in [9.17, 15) is 4.39 Å². The molecule has 1 saturated carbocycles. The van der Waals surface area contributed by atoms with E-state index in [2.05, 4.69) is 29.8 Å². The summed E-state index contributed by atoms with van der Waals surface area (Å²) in [6.07, 6.45) is 4.67. The Morgan fingerprint density at radius 2 is 2.05 bits per heavy atom. The highest BCUT2D eigenvalue weighted by molar-refractivity contribution is 9.10. The lowest BCUT2D eigenvalue weighted by Gasteiger charge is -2.37. The maximum Gasteiger partial charge on any atom is 0.137 e. The molecule has 2 N–H and O–H groups in total. The van der Waals surface area contributed by atoms with E-state index in [1.54, 1.807) is 6.07 Å². The monoisotopic (exact) mass is 341 g/mol. The van der Waals surface area contributed by atoms with Crippen LogP contribution in [0.25, 0.3) is 0 Å². The third-order valence-corrected chi connectivity index (χ3v) is 5.83. The smallest absolute Gasteiger partial charge is 0.137 e. The molecule has 0 spiro atoms. The van der Waals surface area contributed by atoms with E-state index in [-0.39, 0.29) is 5.82 Å². The summed E-state index contributed by atoms with van der Waals surface area (Å²) in [4.78, 5) is 0. The SMILES string of the molecule is CC(C)C1CCC(CN)C(Cc2cccc(F)c2Br)C1. The van der Waals surface area contributed by atoms with Crippen molar-refractivity contribution < 1.29 is 4.39 Å². The maximum absolute atomic E-state index is 13.6. The van der Waals surface area contributed by atoms with E-state index < -0.39 is 0 Å². The minimum absolute atomic E-state index is 0.164. The molecule has 3 heteroatoms. The molecule has 1 aliphatic carbocycles. The number of rotatable bonds is 4. The highest BCUT2D eigenvalue weighted by Gasteiger charge is 2.31. The Morgan fingerprint density at radius 3 is 2.70 bits per heavy atom. The van der Waals surface area contributed by atoms with Gasteiger partial charge >= 0.3 is 0 Å². The lowest BCUT2D eigenvalue weighted by Crippen LogP contribution is -2.33. The number of nitrogens with two attached hydrogens (primary N) is 1. The average Bonchev–Trinajstić information content (AvgIpc) is 2.43. The summed E-state index contributed by atoms with van der Waals surface area (Å²) in [5.41, 5.74) is 7.03. The molecule has 112 valence electrons. The van der Waals surface area contributed by atoms with Crippen molar-refractivity contribution in [2.75, 3.05) is 6.54 Å². The van der Waals surface area contributed by atoms with Crippen molar-refractivity contribution in [1.82, 2.24) is 0 Å². The summed E-state index contributed by atoms with van der Waals surface area (Å²) >= 11 is 3.39. The first-order valence-electron chi connectivity index (χ1n) is 7.65. The Balaban J connectivity index is 2.13. The predicted octanol–water partition coefficient (Wildman–Crippen LogP) is 4.78. The topological polar surface area (TPSA) is 26.0 Å². The van der Waals surface area contributed by atoms with E-state index in [0.717, 1.165) is 30.4 Å². The van der Waals surface area contributed by atoms with Crippen molar-refractivity contribution in [2.24, 2.45) is 29.4 Å². The van der Waals surface area contributed by atoms with Gasteiger partial charge in [0.05, 0.1) is 4.47 Å². The van der Waals surface area contributed by atoms with Crippen LogP contribution in [-0.2, 0) is 6.42 Å². The largest absolute Gasteiger partial charge is 0.330 e. The lowest BCUT2D eigenvalue weighted by atomic mass is 9.69. The standard InChI is InChI=1S/C17H25BrFN/c1-11(2)12-6-7-14(10-20)15(8-12)9-13-4-3-5-16(19)17(13)18/h3-5,11-12,14-15H,6-10,20H2,1-2H3. The minimum atomic E-state index is -0.164. The highest BCUT2D eigenvalue weighted by Crippen LogP contribution is 2.39. The Kier molecular flexibility index (Phi) is 5.62. The number of halogens is 2. The molecule has 1 nitrogen and oxygen atoms in total. The summed E-state index contributed by atoms with van der Waals surface area (Å²) < 4.78 is 14.3. The molecule has 1 fully saturated rings. The van der Waals surface area contributed by atoms with Gasteiger partial charge in [0.25, 0.3) is 0 Å². The van der Waals surface area contributed by atoms with Crippen LogP contribution in [0.2, 0.25) is 0 Å². The number of hydrogen-bond donors (Lipinski definition) is 1. The van der Waals surface area contributed by atoms with Crippen molar-refractivity contribution in [2.45, 2.75) is 39.5 Å². The second kappa shape index (κ2) is 7.04. The van der Waals surface area contributed by atoms with Crippen LogP contribution in [-0.4, -0.2) is 6.54 Å². The van der Waals surface area contributed by atoms with Gasteiger partial charge in [0.2, 0.25) is 0 Å². The molecule has 0 amide bonds. The molecule has 3 atom stereocenters. The molecule has 1 aromatic rings. The van der Waals surface area contributed by atoms with E-state index in [4.69, 9.17) is 5.73 Å². The van der Waals surface area contributed by atoms with Gasteiger partial charge in [0.15, 0.2) is 0 Å². The van der Waals surface area contributed by atoms with Gasteiger partial charge in [-0.3, -0.25) is 0 Å². The van der Waals surface area contributed by atoms with Gasteiger partial charge in [-0.15, -0.1) is 0 Å². The molecule has 20 heavy (non-hydrogen) atoms. The molecule has 0 aromatic heterocycles. The molecular weight excluding hydrogens is 317 g/mol. The Morgan fingerprint density at radius 1 is 1.30 bits per heavy atom. The van der Waals surface area contributed by atoms with Crippen LogP contribution >= 0.6 is 15.9 Å². The zero-order chi connectivity index (χ0) is 14.7. The van der Waals surface area contributed by atoms with Crippen molar-refractivity contribution in [1.29, 1.82) is 0 Å².